The highest BCUT2D eigenvalue weighted by molar-refractivity contribution is 7.80. The maximum absolute atomic E-state index is 11.6. The van der Waals surface area contributed by atoms with Crippen molar-refractivity contribution in [1.82, 2.24) is 9.55 Å². The van der Waals surface area contributed by atoms with Crippen LogP contribution in [-0.4, -0.2) is 20.2 Å². The van der Waals surface area contributed by atoms with Gasteiger partial charge in [-0.25, -0.2) is 4.79 Å². The summed E-state index contributed by atoms with van der Waals surface area (Å²) in [5.74, 6) is 0.617. The third-order valence-electron chi connectivity index (χ3n) is 3.44. The molecule has 8 heteroatoms. The van der Waals surface area contributed by atoms with Gasteiger partial charge >= 0.3 is 16.9 Å². The molecule has 0 radical (unpaired) electrons. The highest BCUT2D eigenvalue weighted by atomic mass is 32.1. The molecule has 0 aromatic carbocycles. The first-order valence-corrected chi connectivity index (χ1v) is 6.20. The van der Waals surface area contributed by atoms with Crippen molar-refractivity contribution in [2.45, 2.75) is 25.8 Å². The Kier molecular flexibility index (Phi) is 3.29. The molecule has 1 aromatic rings. The van der Waals surface area contributed by atoms with Gasteiger partial charge in [0.15, 0.2) is 0 Å². The zero-order valence-electron chi connectivity index (χ0n) is 9.59. The molecule has 0 atom stereocenters. The zero-order valence-corrected chi connectivity index (χ0v) is 10.5. The van der Waals surface area contributed by atoms with E-state index in [0.717, 1.165) is 25.5 Å². The fraction of sp³-hybridized carbons (Fsp3) is 0.600. The summed E-state index contributed by atoms with van der Waals surface area (Å²) in [7, 11) is 0. The number of H-pyrrole nitrogens is 1. The summed E-state index contributed by atoms with van der Waals surface area (Å²) in [6.07, 6.45) is 3.97. The van der Waals surface area contributed by atoms with Crippen LogP contribution in [0.1, 0.15) is 19.3 Å². The summed E-state index contributed by atoms with van der Waals surface area (Å²) in [4.78, 5) is 34.7. The molecule has 1 aliphatic rings. The topological polar surface area (TPSA) is 98.0 Å². The maximum atomic E-state index is 11.6. The van der Waals surface area contributed by atoms with Crippen molar-refractivity contribution in [2.24, 2.45) is 5.41 Å². The van der Waals surface area contributed by atoms with E-state index in [4.69, 9.17) is 0 Å². The Bertz CT molecular complexity index is 582. The number of aromatic amines is 1. The van der Waals surface area contributed by atoms with Gasteiger partial charge in [0.2, 0.25) is 0 Å². The summed E-state index contributed by atoms with van der Waals surface area (Å²) in [6.45, 7) is 0.354. The van der Waals surface area contributed by atoms with E-state index in [0.29, 0.717) is 12.3 Å². The molecule has 0 amide bonds. The Morgan fingerprint density at radius 1 is 1.50 bits per heavy atom. The molecule has 7 nitrogen and oxygen atoms in total. The third-order valence-corrected chi connectivity index (χ3v) is 4.11. The van der Waals surface area contributed by atoms with E-state index in [1.54, 1.807) is 0 Å². The molecular formula is C10H13N3O4S. The van der Waals surface area contributed by atoms with Crippen LogP contribution in [0.2, 0.25) is 0 Å². The summed E-state index contributed by atoms with van der Waals surface area (Å²) in [5, 5.41) is 10.7. The summed E-state index contributed by atoms with van der Waals surface area (Å²) >= 11 is 4.26. The number of rotatable bonds is 4. The number of nitro groups is 1. The number of hydrogen-bond donors (Lipinski definition) is 2. The Labute approximate surface area is 107 Å². The number of nitrogens with one attached hydrogen (secondary N) is 1. The van der Waals surface area contributed by atoms with Gasteiger partial charge in [-0.2, -0.15) is 12.6 Å². The van der Waals surface area contributed by atoms with Crippen LogP contribution in [0.15, 0.2) is 15.8 Å². The molecule has 98 valence electrons. The predicted octanol–water partition coefficient (Wildman–Crippen LogP) is 0.545. The Balaban J connectivity index is 2.39. The van der Waals surface area contributed by atoms with Crippen molar-refractivity contribution < 1.29 is 4.92 Å². The second-order valence-electron chi connectivity index (χ2n) is 4.67. The van der Waals surface area contributed by atoms with Gasteiger partial charge in [-0.3, -0.25) is 24.5 Å². The maximum Gasteiger partial charge on any atom is 0.350 e. The molecule has 0 spiro atoms. The van der Waals surface area contributed by atoms with Crippen molar-refractivity contribution in [3.8, 4) is 0 Å². The lowest BCUT2D eigenvalue weighted by atomic mass is 9.70. The van der Waals surface area contributed by atoms with Crippen molar-refractivity contribution in [3.63, 3.8) is 0 Å². The van der Waals surface area contributed by atoms with E-state index in [9.17, 15) is 19.7 Å². The van der Waals surface area contributed by atoms with E-state index in [1.165, 1.54) is 4.57 Å². The lowest BCUT2D eigenvalue weighted by Gasteiger charge is -2.40. The second kappa shape index (κ2) is 4.60. The van der Waals surface area contributed by atoms with Gasteiger partial charge in [0.1, 0.15) is 0 Å². The van der Waals surface area contributed by atoms with Crippen LogP contribution in [0.5, 0.6) is 0 Å². The minimum atomic E-state index is -0.963. The minimum Gasteiger partial charge on any atom is -0.293 e. The average molecular weight is 271 g/mol. The van der Waals surface area contributed by atoms with Crippen LogP contribution in [0.25, 0.3) is 0 Å². The smallest absolute Gasteiger partial charge is 0.293 e. The summed E-state index contributed by atoms with van der Waals surface area (Å²) in [5.41, 5.74) is -2.27. The van der Waals surface area contributed by atoms with E-state index < -0.39 is 21.9 Å². The van der Waals surface area contributed by atoms with Crippen molar-refractivity contribution >= 4 is 18.3 Å². The molecule has 0 bridgehead atoms. The van der Waals surface area contributed by atoms with Gasteiger partial charge in [-0.1, -0.05) is 6.42 Å². The van der Waals surface area contributed by atoms with E-state index >= 15 is 0 Å². The molecule has 1 heterocycles. The minimum absolute atomic E-state index is 0.0843. The standard InChI is InChI=1S/C10H13N3O4S/c14-8-7(13(16)17)4-12(9(15)11-8)5-10(6-18)2-1-3-10/h4,18H,1-3,5-6H2,(H,11,14,15). The van der Waals surface area contributed by atoms with Crippen LogP contribution in [0.4, 0.5) is 5.69 Å². The molecular weight excluding hydrogens is 258 g/mol. The van der Waals surface area contributed by atoms with E-state index in [-0.39, 0.29) is 5.41 Å². The second-order valence-corrected chi connectivity index (χ2v) is 4.99. The number of aromatic nitrogens is 2. The van der Waals surface area contributed by atoms with Crippen LogP contribution < -0.4 is 11.2 Å². The zero-order chi connectivity index (χ0) is 13.3. The first-order valence-electron chi connectivity index (χ1n) is 5.56. The largest absolute Gasteiger partial charge is 0.350 e. The molecule has 1 fully saturated rings. The lowest BCUT2D eigenvalue weighted by Crippen LogP contribution is -2.41. The Morgan fingerprint density at radius 2 is 2.17 bits per heavy atom. The van der Waals surface area contributed by atoms with Gasteiger partial charge in [0.25, 0.3) is 0 Å². The van der Waals surface area contributed by atoms with Crippen molar-refractivity contribution in [3.05, 3.63) is 37.1 Å². The van der Waals surface area contributed by atoms with Crippen molar-refractivity contribution in [1.29, 1.82) is 0 Å². The Morgan fingerprint density at radius 3 is 2.61 bits per heavy atom. The van der Waals surface area contributed by atoms with Gasteiger partial charge in [0.05, 0.1) is 11.1 Å². The number of hydrogen-bond acceptors (Lipinski definition) is 5. The fourth-order valence-electron chi connectivity index (χ4n) is 2.15. The molecule has 1 aromatic heterocycles. The number of thiol groups is 1. The highest BCUT2D eigenvalue weighted by Crippen LogP contribution is 2.42. The molecule has 1 aliphatic carbocycles. The summed E-state index contributed by atoms with van der Waals surface area (Å²) in [6, 6.07) is 0. The SMILES string of the molecule is O=c1[nH]c(=O)n(CC2(CS)CCC2)cc1[N+](=O)[O-]. The molecule has 0 aliphatic heterocycles. The fourth-order valence-corrected chi connectivity index (χ4v) is 2.57. The highest BCUT2D eigenvalue weighted by Gasteiger charge is 2.36. The number of nitrogens with zero attached hydrogens (tertiary/aromatic N) is 2. The van der Waals surface area contributed by atoms with Crippen LogP contribution in [0.3, 0.4) is 0 Å². The lowest BCUT2D eigenvalue weighted by molar-refractivity contribution is -0.386. The Hall–Kier alpha value is -1.57. The van der Waals surface area contributed by atoms with Gasteiger partial charge in [0, 0.05) is 6.54 Å². The normalized spacial score (nSPS) is 17.2. The quantitative estimate of drug-likeness (QED) is 0.474. The van der Waals surface area contributed by atoms with Crippen LogP contribution in [-0.2, 0) is 6.54 Å². The predicted molar refractivity (Wildman–Crippen MR) is 68.1 cm³/mol. The van der Waals surface area contributed by atoms with Crippen LogP contribution in [0, 0.1) is 15.5 Å². The van der Waals surface area contributed by atoms with E-state index in [2.05, 4.69) is 12.6 Å². The molecule has 2 rings (SSSR count). The van der Waals surface area contributed by atoms with E-state index in [1.807, 2.05) is 4.98 Å². The molecule has 0 saturated heterocycles. The molecule has 1 N–H and O–H groups in total. The first kappa shape index (κ1) is 12.9. The average Bonchev–Trinajstić information content (AvgIpc) is 2.25. The van der Waals surface area contributed by atoms with Gasteiger partial charge < -0.3 is 0 Å². The molecule has 1 saturated carbocycles. The van der Waals surface area contributed by atoms with Crippen molar-refractivity contribution in [2.75, 3.05) is 5.75 Å². The summed E-state index contributed by atoms with van der Waals surface area (Å²) < 4.78 is 1.20. The molecule has 18 heavy (non-hydrogen) atoms. The van der Waals surface area contributed by atoms with Crippen LogP contribution >= 0.6 is 12.6 Å². The third kappa shape index (κ3) is 2.20. The molecule has 0 unspecified atom stereocenters. The monoisotopic (exact) mass is 271 g/mol. The first-order chi connectivity index (χ1) is 8.47. The van der Waals surface area contributed by atoms with Gasteiger partial charge in [-0.15, -0.1) is 0 Å². The van der Waals surface area contributed by atoms with Gasteiger partial charge in [-0.05, 0) is 24.0 Å².